The molecule has 18 heavy (non-hydrogen) atoms. The number of aliphatic carboxylic acids is 1. The van der Waals surface area contributed by atoms with Crippen LogP contribution in [0.3, 0.4) is 0 Å². The molecule has 0 aromatic carbocycles. The average molecular weight is 272 g/mol. The molecule has 2 unspecified atom stereocenters. The summed E-state index contributed by atoms with van der Waals surface area (Å²) < 4.78 is 0. The van der Waals surface area contributed by atoms with E-state index >= 15 is 0 Å². The molecule has 0 bridgehead atoms. The van der Waals surface area contributed by atoms with Gasteiger partial charge in [0.05, 0.1) is 6.04 Å². The number of carboxylic acid groups (broad SMARTS) is 1. The second-order valence-electron chi connectivity index (χ2n) is 4.99. The molecule has 1 saturated heterocycles. The molecule has 0 aromatic heterocycles. The zero-order valence-corrected chi connectivity index (χ0v) is 11.2. The van der Waals surface area contributed by atoms with Gasteiger partial charge in [0.1, 0.15) is 6.04 Å². The van der Waals surface area contributed by atoms with Crippen LogP contribution in [0.1, 0.15) is 32.1 Å². The van der Waals surface area contributed by atoms with Crippen molar-refractivity contribution in [2.24, 2.45) is 5.92 Å². The van der Waals surface area contributed by atoms with Crippen LogP contribution in [0, 0.1) is 5.92 Å². The smallest absolute Gasteiger partial charge is 0.326 e. The van der Waals surface area contributed by atoms with Crippen LogP contribution < -0.4 is 10.6 Å². The van der Waals surface area contributed by atoms with Crippen molar-refractivity contribution in [2.75, 3.05) is 11.6 Å². The lowest BCUT2D eigenvalue weighted by Crippen LogP contribution is -2.52. The third kappa shape index (κ3) is 3.38. The van der Waals surface area contributed by atoms with E-state index in [0.717, 1.165) is 37.3 Å². The number of hydrogen-bond acceptors (Lipinski definition) is 4. The normalized spacial score (nSPS) is 26.8. The lowest BCUT2D eigenvalue weighted by atomic mass is 9.84. The Labute approximate surface area is 111 Å². The first kappa shape index (κ1) is 13.7. The van der Waals surface area contributed by atoms with Crippen LogP contribution >= 0.6 is 11.8 Å². The highest BCUT2D eigenvalue weighted by molar-refractivity contribution is 7.99. The minimum Gasteiger partial charge on any atom is -0.480 e. The lowest BCUT2D eigenvalue weighted by molar-refractivity contribution is -0.144. The third-order valence-corrected chi connectivity index (χ3v) is 4.66. The predicted octanol–water partition coefficient (Wildman–Crippen LogP) is 0.799. The summed E-state index contributed by atoms with van der Waals surface area (Å²) >= 11 is 1.66. The van der Waals surface area contributed by atoms with E-state index in [9.17, 15) is 14.7 Å². The van der Waals surface area contributed by atoms with Crippen LogP contribution in [-0.4, -0.2) is 40.7 Å². The summed E-state index contributed by atoms with van der Waals surface area (Å²) in [5.41, 5.74) is 0. The molecule has 1 saturated carbocycles. The molecule has 1 heterocycles. The number of carbonyl (C=O) groups is 2. The van der Waals surface area contributed by atoms with Crippen molar-refractivity contribution in [3.05, 3.63) is 0 Å². The van der Waals surface area contributed by atoms with E-state index in [1.54, 1.807) is 11.8 Å². The van der Waals surface area contributed by atoms with Gasteiger partial charge in [0.2, 0.25) is 5.91 Å². The van der Waals surface area contributed by atoms with Gasteiger partial charge in [-0.3, -0.25) is 10.1 Å². The molecule has 0 spiro atoms. The molecule has 2 atom stereocenters. The number of thioether (sulfide) groups is 1. The largest absolute Gasteiger partial charge is 0.480 e. The van der Waals surface area contributed by atoms with Crippen molar-refractivity contribution in [1.29, 1.82) is 0 Å². The van der Waals surface area contributed by atoms with Crippen molar-refractivity contribution in [3.63, 3.8) is 0 Å². The summed E-state index contributed by atoms with van der Waals surface area (Å²) in [5.74, 6) is 0.510. The molecule has 102 valence electrons. The van der Waals surface area contributed by atoms with Crippen molar-refractivity contribution < 1.29 is 14.7 Å². The van der Waals surface area contributed by atoms with Gasteiger partial charge >= 0.3 is 5.97 Å². The van der Waals surface area contributed by atoms with Crippen LogP contribution in [0.15, 0.2) is 0 Å². The first-order valence-electron chi connectivity index (χ1n) is 6.53. The number of nitrogens with one attached hydrogen (secondary N) is 2. The molecule has 1 aliphatic carbocycles. The summed E-state index contributed by atoms with van der Waals surface area (Å²) in [4.78, 5) is 23.3. The van der Waals surface area contributed by atoms with Crippen molar-refractivity contribution >= 4 is 23.6 Å². The first-order chi connectivity index (χ1) is 8.68. The zero-order chi connectivity index (χ0) is 13.0. The molecule has 2 fully saturated rings. The Bertz CT molecular complexity index is 312. The van der Waals surface area contributed by atoms with E-state index in [1.807, 2.05) is 0 Å². The van der Waals surface area contributed by atoms with Gasteiger partial charge in [-0.05, 0) is 18.8 Å². The van der Waals surface area contributed by atoms with Gasteiger partial charge in [-0.15, -0.1) is 11.8 Å². The first-order valence-corrected chi connectivity index (χ1v) is 7.68. The fraction of sp³-hybridized carbons (Fsp3) is 0.833. The van der Waals surface area contributed by atoms with E-state index in [-0.39, 0.29) is 17.9 Å². The standard InChI is InChI=1S/C12H20N2O3S/c15-11(9-6-18-7-13-9)14-10(12(16)17)8-4-2-1-3-5-8/h8-10,13H,1-7H2,(H,14,15)(H,16,17). The Balaban J connectivity index is 1.92. The number of amides is 1. The molecule has 2 rings (SSSR count). The maximum absolute atomic E-state index is 12.0. The summed E-state index contributed by atoms with van der Waals surface area (Å²) in [6.45, 7) is 0. The average Bonchev–Trinajstić information content (AvgIpc) is 2.90. The Morgan fingerprint density at radius 2 is 2.00 bits per heavy atom. The molecule has 1 amide bonds. The number of rotatable bonds is 4. The van der Waals surface area contributed by atoms with Gasteiger partial charge < -0.3 is 10.4 Å². The topological polar surface area (TPSA) is 78.4 Å². The molecule has 6 heteroatoms. The van der Waals surface area contributed by atoms with Gasteiger partial charge in [-0.2, -0.15) is 0 Å². The molecule has 5 nitrogen and oxygen atoms in total. The van der Waals surface area contributed by atoms with Gasteiger partial charge in [0.25, 0.3) is 0 Å². The summed E-state index contributed by atoms with van der Waals surface area (Å²) in [5, 5.41) is 15.1. The van der Waals surface area contributed by atoms with Crippen LogP contribution in [0.5, 0.6) is 0 Å². The number of carbonyl (C=O) groups excluding carboxylic acids is 1. The maximum Gasteiger partial charge on any atom is 0.326 e. The minimum absolute atomic E-state index is 0.0919. The number of hydrogen-bond donors (Lipinski definition) is 3. The minimum atomic E-state index is -0.902. The Kier molecular flexibility index (Phi) is 4.88. The Morgan fingerprint density at radius 3 is 2.56 bits per heavy atom. The van der Waals surface area contributed by atoms with Crippen molar-refractivity contribution in [2.45, 2.75) is 44.2 Å². The van der Waals surface area contributed by atoms with E-state index in [0.29, 0.717) is 0 Å². The van der Waals surface area contributed by atoms with E-state index < -0.39 is 12.0 Å². The van der Waals surface area contributed by atoms with Gasteiger partial charge in [-0.1, -0.05) is 19.3 Å². The van der Waals surface area contributed by atoms with Crippen LogP contribution in [0.25, 0.3) is 0 Å². The van der Waals surface area contributed by atoms with Crippen LogP contribution in [-0.2, 0) is 9.59 Å². The molecule has 3 N–H and O–H groups in total. The van der Waals surface area contributed by atoms with Crippen LogP contribution in [0.4, 0.5) is 0 Å². The zero-order valence-electron chi connectivity index (χ0n) is 10.4. The summed E-state index contributed by atoms with van der Waals surface area (Å²) in [6, 6.07) is -0.953. The molecule has 1 aliphatic heterocycles. The Hall–Kier alpha value is -0.750. The van der Waals surface area contributed by atoms with Crippen LogP contribution in [0.2, 0.25) is 0 Å². The lowest BCUT2D eigenvalue weighted by Gasteiger charge is -2.28. The molecule has 0 radical (unpaired) electrons. The van der Waals surface area contributed by atoms with Gasteiger partial charge in [0.15, 0.2) is 0 Å². The highest BCUT2D eigenvalue weighted by Gasteiger charge is 2.33. The second-order valence-corrected chi connectivity index (χ2v) is 6.02. The highest BCUT2D eigenvalue weighted by Crippen LogP contribution is 2.26. The predicted molar refractivity (Wildman–Crippen MR) is 70.4 cm³/mol. The van der Waals surface area contributed by atoms with E-state index in [2.05, 4.69) is 10.6 Å². The van der Waals surface area contributed by atoms with Crippen molar-refractivity contribution in [1.82, 2.24) is 10.6 Å². The summed E-state index contributed by atoms with van der Waals surface area (Å²) in [7, 11) is 0. The molecular weight excluding hydrogens is 252 g/mol. The highest BCUT2D eigenvalue weighted by atomic mass is 32.2. The fourth-order valence-electron chi connectivity index (χ4n) is 2.67. The number of carboxylic acids is 1. The molecule has 0 aromatic rings. The third-order valence-electron chi connectivity index (χ3n) is 3.72. The summed E-state index contributed by atoms with van der Waals surface area (Å²) in [6.07, 6.45) is 5.13. The molecular formula is C12H20N2O3S. The fourth-order valence-corrected chi connectivity index (χ4v) is 3.61. The van der Waals surface area contributed by atoms with E-state index in [1.165, 1.54) is 6.42 Å². The monoisotopic (exact) mass is 272 g/mol. The van der Waals surface area contributed by atoms with Crippen molar-refractivity contribution in [3.8, 4) is 0 Å². The SMILES string of the molecule is O=C(NC(C(=O)O)C1CCCCC1)C1CSCN1. The Morgan fingerprint density at radius 1 is 1.28 bits per heavy atom. The quantitative estimate of drug-likeness (QED) is 0.705. The maximum atomic E-state index is 12.0. The second kappa shape index (κ2) is 6.43. The molecule has 2 aliphatic rings. The van der Waals surface area contributed by atoms with Gasteiger partial charge in [0, 0.05) is 11.6 Å². The van der Waals surface area contributed by atoms with E-state index in [4.69, 9.17) is 0 Å². The van der Waals surface area contributed by atoms with Gasteiger partial charge in [-0.25, -0.2) is 4.79 Å².